The molecule has 0 aromatic carbocycles. The molecular formula is C14H14ClF3N4S. The summed E-state index contributed by atoms with van der Waals surface area (Å²) < 4.78 is 37.9. The minimum Gasteiger partial charge on any atom is -0.346 e. The summed E-state index contributed by atoms with van der Waals surface area (Å²) in [4.78, 5) is 11.4. The van der Waals surface area contributed by atoms with Gasteiger partial charge in [0.05, 0.1) is 6.20 Å². The lowest BCUT2D eigenvalue weighted by Crippen LogP contribution is -2.45. The zero-order valence-electron chi connectivity index (χ0n) is 12.1. The average Bonchev–Trinajstić information content (AvgIpc) is 3.00. The number of thiazole rings is 1. The molecule has 4 nitrogen and oxygen atoms in total. The molecule has 0 bridgehead atoms. The molecule has 23 heavy (non-hydrogen) atoms. The predicted molar refractivity (Wildman–Crippen MR) is 83.9 cm³/mol. The summed E-state index contributed by atoms with van der Waals surface area (Å²) in [5.74, 6) is 0. The molecule has 0 unspecified atom stereocenters. The Morgan fingerprint density at radius 1 is 1.09 bits per heavy atom. The largest absolute Gasteiger partial charge is 0.427 e. The van der Waals surface area contributed by atoms with E-state index in [-0.39, 0.29) is 0 Å². The van der Waals surface area contributed by atoms with Gasteiger partial charge in [-0.3, -0.25) is 4.90 Å². The molecule has 0 N–H and O–H groups in total. The summed E-state index contributed by atoms with van der Waals surface area (Å²) in [5, 5.41) is 0.896. The molecule has 1 fully saturated rings. The lowest BCUT2D eigenvalue weighted by molar-refractivity contribution is -0.134. The fourth-order valence-corrected chi connectivity index (χ4v) is 3.34. The highest BCUT2D eigenvalue weighted by atomic mass is 35.5. The van der Waals surface area contributed by atoms with Gasteiger partial charge in [0.15, 0.2) is 5.13 Å². The third kappa shape index (κ3) is 4.13. The highest BCUT2D eigenvalue weighted by Gasteiger charge is 2.34. The topological polar surface area (TPSA) is 32.3 Å². The fourth-order valence-electron chi connectivity index (χ4n) is 2.40. The Balaban J connectivity index is 1.56. The number of rotatable bonds is 3. The van der Waals surface area contributed by atoms with Crippen molar-refractivity contribution in [1.82, 2.24) is 14.9 Å². The Kier molecular flexibility index (Phi) is 4.74. The maximum Gasteiger partial charge on any atom is 0.427 e. The average molecular weight is 363 g/mol. The standard InChI is InChI=1S/C14H14ClF3N4S/c15-12-2-1-10(7-19-12)9-21-3-5-22(6-4-21)13-20-8-11(23-13)14(16,17)18/h1-2,7-8H,3-6,9H2. The molecule has 0 saturated carbocycles. The fraction of sp³-hybridized carbons (Fsp3) is 0.429. The maximum atomic E-state index is 12.6. The molecule has 0 atom stereocenters. The summed E-state index contributed by atoms with van der Waals surface area (Å²) >= 11 is 6.46. The Bertz CT molecular complexity index is 651. The first-order chi connectivity index (χ1) is 10.9. The molecular weight excluding hydrogens is 349 g/mol. The molecule has 0 aliphatic carbocycles. The van der Waals surface area contributed by atoms with Crippen LogP contribution in [0.3, 0.4) is 0 Å². The van der Waals surface area contributed by atoms with Gasteiger partial charge >= 0.3 is 6.18 Å². The summed E-state index contributed by atoms with van der Waals surface area (Å²) in [7, 11) is 0. The third-order valence-corrected chi connectivity index (χ3v) is 4.94. The number of nitrogens with zero attached hydrogens (tertiary/aromatic N) is 4. The van der Waals surface area contributed by atoms with E-state index >= 15 is 0 Å². The smallest absolute Gasteiger partial charge is 0.346 e. The molecule has 2 aromatic heterocycles. The van der Waals surface area contributed by atoms with Crippen LogP contribution in [0.5, 0.6) is 0 Å². The van der Waals surface area contributed by atoms with Gasteiger partial charge in [0.1, 0.15) is 10.0 Å². The van der Waals surface area contributed by atoms with Crippen molar-refractivity contribution in [3.8, 4) is 0 Å². The van der Waals surface area contributed by atoms with Gasteiger partial charge in [-0.15, -0.1) is 0 Å². The number of hydrogen-bond donors (Lipinski definition) is 0. The normalized spacial score (nSPS) is 16.8. The Labute approximate surface area is 140 Å². The first-order valence-electron chi connectivity index (χ1n) is 7.02. The molecule has 0 radical (unpaired) electrons. The van der Waals surface area contributed by atoms with E-state index in [9.17, 15) is 13.2 Å². The Hall–Kier alpha value is -1.38. The quantitative estimate of drug-likeness (QED) is 0.782. The van der Waals surface area contributed by atoms with Gasteiger partial charge in [-0.05, 0) is 11.6 Å². The van der Waals surface area contributed by atoms with Crippen molar-refractivity contribution in [1.29, 1.82) is 0 Å². The Morgan fingerprint density at radius 3 is 2.39 bits per heavy atom. The van der Waals surface area contributed by atoms with Crippen molar-refractivity contribution in [3.05, 3.63) is 40.1 Å². The zero-order chi connectivity index (χ0) is 16.4. The van der Waals surface area contributed by atoms with Crippen LogP contribution >= 0.6 is 22.9 Å². The van der Waals surface area contributed by atoms with Gasteiger partial charge in [-0.2, -0.15) is 13.2 Å². The van der Waals surface area contributed by atoms with E-state index in [2.05, 4.69) is 14.9 Å². The molecule has 9 heteroatoms. The van der Waals surface area contributed by atoms with Crippen molar-refractivity contribution < 1.29 is 13.2 Å². The predicted octanol–water partition coefficient (Wildman–Crippen LogP) is 3.53. The van der Waals surface area contributed by atoms with E-state index in [1.807, 2.05) is 11.0 Å². The van der Waals surface area contributed by atoms with Crippen molar-refractivity contribution in [2.24, 2.45) is 0 Å². The molecule has 0 amide bonds. The number of hydrogen-bond acceptors (Lipinski definition) is 5. The number of aromatic nitrogens is 2. The molecule has 1 aliphatic heterocycles. The molecule has 3 rings (SSSR count). The molecule has 0 spiro atoms. The van der Waals surface area contributed by atoms with Gasteiger partial charge in [-0.25, -0.2) is 9.97 Å². The van der Waals surface area contributed by atoms with Crippen molar-refractivity contribution in [2.45, 2.75) is 12.7 Å². The van der Waals surface area contributed by atoms with E-state index in [4.69, 9.17) is 11.6 Å². The highest BCUT2D eigenvalue weighted by Crippen LogP contribution is 2.36. The van der Waals surface area contributed by atoms with Crippen molar-refractivity contribution in [2.75, 3.05) is 31.1 Å². The first kappa shape index (κ1) is 16.5. The monoisotopic (exact) mass is 362 g/mol. The van der Waals surface area contributed by atoms with E-state index < -0.39 is 11.1 Å². The summed E-state index contributed by atoms with van der Waals surface area (Å²) in [6.07, 6.45) is -1.67. The molecule has 3 heterocycles. The molecule has 1 aliphatic rings. The molecule has 2 aromatic rings. The van der Waals surface area contributed by atoms with E-state index in [1.165, 1.54) is 0 Å². The molecule has 124 valence electrons. The van der Waals surface area contributed by atoms with Crippen LogP contribution < -0.4 is 4.90 Å². The maximum absolute atomic E-state index is 12.6. The summed E-state index contributed by atoms with van der Waals surface area (Å²) in [6, 6.07) is 3.68. The van der Waals surface area contributed by atoms with Gasteiger partial charge in [0, 0.05) is 38.9 Å². The SMILES string of the molecule is FC(F)(F)c1cnc(N2CCN(Cc3ccc(Cl)nc3)CC2)s1. The van der Waals surface area contributed by atoms with Crippen LogP contribution in [0.1, 0.15) is 10.4 Å². The number of pyridine rings is 1. The lowest BCUT2D eigenvalue weighted by atomic mass is 10.2. The van der Waals surface area contributed by atoms with Gasteiger partial charge in [-0.1, -0.05) is 29.0 Å². The van der Waals surface area contributed by atoms with Crippen LogP contribution in [0, 0.1) is 0 Å². The second-order valence-electron chi connectivity index (χ2n) is 5.26. The summed E-state index contributed by atoms with van der Waals surface area (Å²) in [6.45, 7) is 3.61. The van der Waals surface area contributed by atoms with Crippen LogP contribution in [-0.4, -0.2) is 41.0 Å². The van der Waals surface area contributed by atoms with Crippen LogP contribution in [0.25, 0.3) is 0 Å². The number of anilines is 1. The Morgan fingerprint density at radius 2 is 1.83 bits per heavy atom. The second kappa shape index (κ2) is 6.62. The first-order valence-corrected chi connectivity index (χ1v) is 8.22. The number of halogens is 4. The minimum absolute atomic E-state index is 0.435. The van der Waals surface area contributed by atoms with Crippen LogP contribution in [0.4, 0.5) is 18.3 Å². The van der Waals surface area contributed by atoms with Crippen LogP contribution in [0.15, 0.2) is 24.5 Å². The van der Waals surface area contributed by atoms with Gasteiger partial charge in [0.25, 0.3) is 0 Å². The second-order valence-corrected chi connectivity index (χ2v) is 6.65. The molecule has 1 saturated heterocycles. The third-order valence-electron chi connectivity index (χ3n) is 3.61. The number of piperazine rings is 1. The van der Waals surface area contributed by atoms with Crippen molar-refractivity contribution in [3.63, 3.8) is 0 Å². The van der Waals surface area contributed by atoms with Gasteiger partial charge in [0.2, 0.25) is 0 Å². The van der Waals surface area contributed by atoms with Crippen LogP contribution in [0.2, 0.25) is 5.15 Å². The zero-order valence-corrected chi connectivity index (χ0v) is 13.6. The number of alkyl halides is 3. The highest BCUT2D eigenvalue weighted by molar-refractivity contribution is 7.15. The van der Waals surface area contributed by atoms with Crippen LogP contribution in [-0.2, 0) is 12.7 Å². The summed E-state index contributed by atoms with van der Waals surface area (Å²) in [5.41, 5.74) is 1.07. The van der Waals surface area contributed by atoms with E-state index in [0.29, 0.717) is 34.7 Å². The lowest BCUT2D eigenvalue weighted by Gasteiger charge is -2.34. The van der Waals surface area contributed by atoms with E-state index in [1.54, 1.807) is 12.3 Å². The van der Waals surface area contributed by atoms with E-state index in [0.717, 1.165) is 31.4 Å². The van der Waals surface area contributed by atoms with Gasteiger partial charge < -0.3 is 4.90 Å². The minimum atomic E-state index is -4.32. The van der Waals surface area contributed by atoms with Crippen molar-refractivity contribution >= 4 is 28.1 Å².